The highest BCUT2D eigenvalue weighted by Crippen LogP contribution is 2.23. The number of hydrazine groups is 1. The summed E-state index contributed by atoms with van der Waals surface area (Å²) in [6.45, 7) is 8.50. The number of ether oxygens (including phenoxy) is 1. The molecule has 0 unspecified atom stereocenters. The third kappa shape index (κ3) is 3.59. The molecule has 90 valence electrons. The minimum Gasteiger partial charge on any atom is -0.371 e. The molecule has 0 saturated heterocycles. The molecule has 5 heteroatoms. The first-order chi connectivity index (χ1) is 7.33. The first-order valence-corrected chi connectivity index (χ1v) is 5.89. The maximum absolute atomic E-state index is 11.3. The van der Waals surface area contributed by atoms with E-state index in [1.165, 1.54) is 11.3 Å². The zero-order valence-corrected chi connectivity index (χ0v) is 10.9. The van der Waals surface area contributed by atoms with E-state index >= 15 is 0 Å². The average molecular weight is 242 g/mol. The van der Waals surface area contributed by atoms with Gasteiger partial charge >= 0.3 is 0 Å². The first kappa shape index (κ1) is 13.2. The Bertz CT molecular complexity index is 380. The summed E-state index contributed by atoms with van der Waals surface area (Å²) in [7, 11) is 0. The van der Waals surface area contributed by atoms with Gasteiger partial charge in [-0.2, -0.15) is 0 Å². The first-order valence-electron chi connectivity index (χ1n) is 5.07. The molecule has 1 heterocycles. The van der Waals surface area contributed by atoms with E-state index in [4.69, 9.17) is 10.6 Å². The van der Waals surface area contributed by atoms with Crippen molar-refractivity contribution >= 4 is 17.2 Å². The Hall–Kier alpha value is -0.910. The lowest BCUT2D eigenvalue weighted by Gasteiger charge is -2.19. The molecule has 3 N–H and O–H groups in total. The average Bonchev–Trinajstić information content (AvgIpc) is 2.54. The lowest BCUT2D eigenvalue weighted by molar-refractivity contribution is -0.0150. The lowest BCUT2D eigenvalue weighted by Crippen LogP contribution is -2.29. The van der Waals surface area contributed by atoms with Crippen molar-refractivity contribution in [2.75, 3.05) is 0 Å². The standard InChI is InChI=1S/C11H18N2O2S/c1-7-8(6-15-11(2,3)4)5-9(16-7)10(14)13-12/h5H,6,12H2,1-4H3,(H,13,14). The van der Waals surface area contributed by atoms with Crippen LogP contribution in [0, 0.1) is 6.92 Å². The van der Waals surface area contributed by atoms with Gasteiger partial charge in [0.25, 0.3) is 5.91 Å². The number of carbonyl (C=O) groups excluding carboxylic acids is 1. The summed E-state index contributed by atoms with van der Waals surface area (Å²) in [5.74, 6) is 4.83. The number of rotatable bonds is 3. The minimum absolute atomic E-state index is 0.176. The second kappa shape index (κ2) is 4.95. The summed E-state index contributed by atoms with van der Waals surface area (Å²) >= 11 is 1.43. The zero-order valence-electron chi connectivity index (χ0n) is 10.1. The fourth-order valence-corrected chi connectivity index (χ4v) is 2.07. The molecule has 1 amide bonds. The van der Waals surface area contributed by atoms with E-state index in [1.807, 2.05) is 33.8 Å². The van der Waals surface area contributed by atoms with Crippen LogP contribution in [0.1, 0.15) is 40.9 Å². The van der Waals surface area contributed by atoms with Gasteiger partial charge in [-0.05, 0) is 39.3 Å². The van der Waals surface area contributed by atoms with Crippen LogP contribution in [0.4, 0.5) is 0 Å². The molecular formula is C11H18N2O2S. The summed E-state index contributed by atoms with van der Waals surface area (Å²) < 4.78 is 5.67. The van der Waals surface area contributed by atoms with E-state index in [0.717, 1.165) is 10.4 Å². The number of thiophene rings is 1. The molecule has 0 spiro atoms. The predicted octanol–water partition coefficient (Wildman–Crippen LogP) is 1.98. The van der Waals surface area contributed by atoms with Crippen molar-refractivity contribution in [3.05, 3.63) is 21.4 Å². The van der Waals surface area contributed by atoms with Crippen molar-refractivity contribution in [3.8, 4) is 0 Å². The van der Waals surface area contributed by atoms with Gasteiger partial charge in [0.1, 0.15) is 0 Å². The number of amides is 1. The minimum atomic E-state index is -0.255. The zero-order chi connectivity index (χ0) is 12.3. The van der Waals surface area contributed by atoms with E-state index in [9.17, 15) is 4.79 Å². The Morgan fingerprint density at radius 1 is 1.56 bits per heavy atom. The number of aryl methyl sites for hydroxylation is 1. The molecule has 0 aliphatic carbocycles. The third-order valence-corrected chi connectivity index (χ3v) is 3.13. The van der Waals surface area contributed by atoms with Crippen LogP contribution in [0.15, 0.2) is 6.07 Å². The van der Waals surface area contributed by atoms with Crippen LogP contribution in [0.5, 0.6) is 0 Å². The van der Waals surface area contributed by atoms with Gasteiger partial charge in [0.15, 0.2) is 0 Å². The molecule has 1 aromatic heterocycles. The fourth-order valence-electron chi connectivity index (χ4n) is 1.14. The molecule has 1 aromatic rings. The normalized spacial score (nSPS) is 11.6. The molecule has 16 heavy (non-hydrogen) atoms. The van der Waals surface area contributed by atoms with Crippen molar-refractivity contribution in [1.29, 1.82) is 0 Å². The molecule has 0 saturated carbocycles. The number of hydrogen-bond acceptors (Lipinski definition) is 4. The lowest BCUT2D eigenvalue weighted by atomic mass is 10.2. The Labute approximate surface area is 99.8 Å². The Morgan fingerprint density at radius 3 is 2.69 bits per heavy atom. The molecule has 0 aromatic carbocycles. The maximum atomic E-state index is 11.3. The summed E-state index contributed by atoms with van der Waals surface area (Å²) in [6.07, 6.45) is 0. The van der Waals surface area contributed by atoms with Gasteiger partial charge in [-0.25, -0.2) is 5.84 Å². The highest BCUT2D eigenvalue weighted by atomic mass is 32.1. The van der Waals surface area contributed by atoms with E-state index in [1.54, 1.807) is 0 Å². The quantitative estimate of drug-likeness (QED) is 0.484. The van der Waals surface area contributed by atoms with Gasteiger partial charge < -0.3 is 4.74 Å². The summed E-state index contributed by atoms with van der Waals surface area (Å²) in [4.78, 5) is 13.0. The molecule has 0 fully saturated rings. The van der Waals surface area contributed by atoms with Gasteiger partial charge in [0.2, 0.25) is 0 Å². The fraction of sp³-hybridized carbons (Fsp3) is 0.545. The van der Waals surface area contributed by atoms with E-state index < -0.39 is 0 Å². The largest absolute Gasteiger partial charge is 0.371 e. The van der Waals surface area contributed by atoms with Crippen molar-refractivity contribution in [3.63, 3.8) is 0 Å². The molecule has 0 radical (unpaired) electrons. The van der Waals surface area contributed by atoms with Crippen LogP contribution in [-0.4, -0.2) is 11.5 Å². The molecule has 1 rings (SSSR count). The SMILES string of the molecule is Cc1sc(C(=O)NN)cc1COC(C)(C)C. The molecular weight excluding hydrogens is 224 g/mol. The molecule has 4 nitrogen and oxygen atoms in total. The summed E-state index contributed by atoms with van der Waals surface area (Å²) in [5.41, 5.74) is 2.99. The van der Waals surface area contributed by atoms with Crippen LogP contribution in [0.2, 0.25) is 0 Å². The number of carbonyl (C=O) groups is 1. The van der Waals surface area contributed by atoms with Crippen LogP contribution in [-0.2, 0) is 11.3 Å². The van der Waals surface area contributed by atoms with Gasteiger partial charge in [-0.3, -0.25) is 10.2 Å². The van der Waals surface area contributed by atoms with Crippen molar-refractivity contribution in [1.82, 2.24) is 5.43 Å². The maximum Gasteiger partial charge on any atom is 0.275 e. The number of hydrogen-bond donors (Lipinski definition) is 2. The molecule has 0 bridgehead atoms. The summed E-state index contributed by atoms with van der Waals surface area (Å²) in [5, 5.41) is 0. The third-order valence-electron chi connectivity index (χ3n) is 2.04. The van der Waals surface area contributed by atoms with Crippen LogP contribution in [0.25, 0.3) is 0 Å². The number of nitrogens with two attached hydrogens (primary N) is 1. The topological polar surface area (TPSA) is 64.4 Å². The monoisotopic (exact) mass is 242 g/mol. The Kier molecular flexibility index (Phi) is 4.07. The van der Waals surface area contributed by atoms with Crippen LogP contribution >= 0.6 is 11.3 Å². The number of nitrogen functional groups attached to an aromatic ring is 1. The molecule has 0 aliphatic rings. The van der Waals surface area contributed by atoms with Crippen LogP contribution in [0.3, 0.4) is 0 Å². The summed E-state index contributed by atoms with van der Waals surface area (Å²) in [6, 6.07) is 1.83. The second-order valence-corrected chi connectivity index (χ2v) is 5.82. The van der Waals surface area contributed by atoms with Gasteiger partial charge in [0, 0.05) is 4.88 Å². The van der Waals surface area contributed by atoms with Crippen molar-refractivity contribution in [2.24, 2.45) is 5.84 Å². The van der Waals surface area contributed by atoms with Crippen LogP contribution < -0.4 is 11.3 Å². The van der Waals surface area contributed by atoms with E-state index in [-0.39, 0.29) is 11.5 Å². The highest BCUT2D eigenvalue weighted by Gasteiger charge is 2.15. The molecule has 0 atom stereocenters. The van der Waals surface area contributed by atoms with Crippen molar-refractivity contribution < 1.29 is 9.53 Å². The second-order valence-electron chi connectivity index (χ2n) is 4.57. The van der Waals surface area contributed by atoms with Crippen molar-refractivity contribution in [2.45, 2.75) is 39.9 Å². The van der Waals surface area contributed by atoms with Gasteiger partial charge in [0.05, 0.1) is 17.1 Å². The molecule has 0 aliphatic heterocycles. The Morgan fingerprint density at radius 2 is 2.19 bits per heavy atom. The predicted molar refractivity (Wildman–Crippen MR) is 65.3 cm³/mol. The van der Waals surface area contributed by atoms with Gasteiger partial charge in [-0.15, -0.1) is 11.3 Å². The smallest absolute Gasteiger partial charge is 0.275 e. The highest BCUT2D eigenvalue weighted by molar-refractivity contribution is 7.14. The van der Waals surface area contributed by atoms with E-state index in [2.05, 4.69) is 5.43 Å². The van der Waals surface area contributed by atoms with Gasteiger partial charge in [-0.1, -0.05) is 0 Å². The van der Waals surface area contributed by atoms with E-state index in [0.29, 0.717) is 11.5 Å². The Balaban J connectivity index is 2.75. The number of nitrogens with one attached hydrogen (secondary N) is 1.